The molecule has 0 aliphatic carbocycles. The predicted molar refractivity (Wildman–Crippen MR) is 145 cm³/mol. The number of hydrogen-bond donors (Lipinski definition) is 1. The molecule has 198 valence electrons. The number of halogens is 1. The molecule has 1 fully saturated rings. The van der Waals surface area contributed by atoms with Crippen LogP contribution in [0.15, 0.2) is 72.8 Å². The molecule has 0 aromatic heterocycles. The Morgan fingerprint density at radius 1 is 1.05 bits per heavy atom. The van der Waals surface area contributed by atoms with Gasteiger partial charge in [0.05, 0.1) is 19.8 Å². The Kier molecular flexibility index (Phi) is 12.1. The summed E-state index contributed by atoms with van der Waals surface area (Å²) in [5, 5.41) is 8.80. The molecular weight excluding hydrogens is 508 g/mol. The maximum atomic E-state index is 13.6. The largest absolute Gasteiger partial charge is 1.00 e. The maximum absolute atomic E-state index is 13.6. The maximum Gasteiger partial charge on any atom is 1.00 e. The van der Waals surface area contributed by atoms with Gasteiger partial charge < -0.3 is 20.7 Å². The summed E-state index contributed by atoms with van der Waals surface area (Å²) >= 11 is 0. The summed E-state index contributed by atoms with van der Waals surface area (Å²) in [7, 11) is 0. The van der Waals surface area contributed by atoms with Gasteiger partial charge in [-0.2, -0.15) is 0 Å². The molecule has 1 aliphatic rings. The SMILES string of the molecule is Cc1cc(OC/C=C(/c2ccc(F)cc2)c2ccc(C#CCN3CCOCC3)cc2)ccc1OCC(=O)O.[H-].[Na+]. The van der Waals surface area contributed by atoms with Crippen LogP contribution < -0.4 is 39.0 Å². The predicted octanol–water partition coefficient (Wildman–Crippen LogP) is 1.91. The van der Waals surface area contributed by atoms with Crippen molar-refractivity contribution in [1.82, 2.24) is 4.90 Å². The third-order valence-electron chi connectivity index (χ3n) is 6.03. The van der Waals surface area contributed by atoms with Gasteiger partial charge in [-0.3, -0.25) is 4.90 Å². The number of ether oxygens (including phenoxy) is 3. The minimum Gasteiger partial charge on any atom is -1.00 e. The summed E-state index contributed by atoms with van der Waals surface area (Å²) in [4.78, 5) is 13.0. The van der Waals surface area contributed by atoms with Crippen LogP contribution in [0.1, 0.15) is 23.7 Å². The van der Waals surface area contributed by atoms with Gasteiger partial charge in [-0.15, -0.1) is 0 Å². The van der Waals surface area contributed by atoms with Gasteiger partial charge in [-0.25, -0.2) is 9.18 Å². The Hall–Kier alpha value is -3.12. The molecule has 0 amide bonds. The van der Waals surface area contributed by atoms with Crippen LogP contribution in [0.2, 0.25) is 0 Å². The zero-order valence-corrected chi connectivity index (χ0v) is 24.3. The third kappa shape index (κ3) is 9.54. The molecule has 3 aromatic carbocycles. The minimum absolute atomic E-state index is 0. The first-order valence-electron chi connectivity index (χ1n) is 12.4. The van der Waals surface area contributed by atoms with Crippen LogP contribution in [0.3, 0.4) is 0 Å². The van der Waals surface area contributed by atoms with Crippen molar-refractivity contribution in [3.63, 3.8) is 0 Å². The van der Waals surface area contributed by atoms with E-state index in [1.807, 2.05) is 37.3 Å². The van der Waals surface area contributed by atoms with Gasteiger partial charge in [0.1, 0.15) is 23.9 Å². The van der Waals surface area contributed by atoms with Crippen LogP contribution in [-0.2, 0) is 9.53 Å². The number of carbonyl (C=O) groups is 1. The molecular formula is C31H31FNNaO5. The van der Waals surface area contributed by atoms with E-state index < -0.39 is 12.6 Å². The van der Waals surface area contributed by atoms with Gasteiger partial charge in [0.15, 0.2) is 6.61 Å². The first-order chi connectivity index (χ1) is 18.5. The van der Waals surface area contributed by atoms with Gasteiger partial charge in [-0.05, 0) is 77.7 Å². The van der Waals surface area contributed by atoms with Crippen molar-refractivity contribution < 1.29 is 59.5 Å². The fraction of sp³-hybridized carbons (Fsp3) is 0.258. The minimum atomic E-state index is -1.03. The molecule has 0 unspecified atom stereocenters. The molecule has 3 aromatic rings. The molecule has 8 heteroatoms. The second kappa shape index (κ2) is 15.5. The number of nitrogens with zero attached hydrogens (tertiary/aromatic N) is 1. The molecule has 1 saturated heterocycles. The number of benzene rings is 3. The zero-order valence-electron chi connectivity index (χ0n) is 23.3. The topological polar surface area (TPSA) is 68.2 Å². The number of morpholine rings is 1. The van der Waals surface area contributed by atoms with E-state index in [0.717, 1.165) is 60.7 Å². The fourth-order valence-corrected chi connectivity index (χ4v) is 4.01. The van der Waals surface area contributed by atoms with E-state index in [4.69, 9.17) is 19.3 Å². The van der Waals surface area contributed by atoms with Crippen molar-refractivity contribution in [1.29, 1.82) is 0 Å². The number of carboxylic acids is 1. The average molecular weight is 540 g/mol. The summed E-state index contributed by atoms with van der Waals surface area (Å²) in [5.74, 6) is 6.26. The molecule has 1 aliphatic heterocycles. The van der Waals surface area contributed by atoms with Crippen molar-refractivity contribution >= 4 is 11.5 Å². The number of aliphatic carboxylic acids is 1. The standard InChI is InChI=1S/C31H30FNO5.Na.H/c1-23-21-28(12-13-30(23)38-22-31(34)35)37-18-14-29(26-8-10-27(32)11-9-26)25-6-4-24(5-7-25)3-2-15-33-16-19-36-20-17-33;;/h4-14,21H,15-20,22H2,1H3,(H,34,35);;/q;+1;-1/b29-14+;;. The van der Waals surface area contributed by atoms with Crippen LogP contribution >= 0.6 is 0 Å². The monoisotopic (exact) mass is 539 g/mol. The van der Waals surface area contributed by atoms with Crippen LogP contribution in [-0.4, -0.2) is 62.0 Å². The molecule has 4 rings (SSSR count). The van der Waals surface area contributed by atoms with E-state index in [1.54, 1.807) is 30.3 Å². The number of aryl methyl sites for hydroxylation is 1. The Labute approximate surface area is 252 Å². The van der Waals surface area contributed by atoms with Gasteiger partial charge in [-0.1, -0.05) is 36.1 Å². The molecule has 0 spiro atoms. The quantitative estimate of drug-likeness (QED) is 0.331. The Bertz CT molecular complexity index is 1330. The summed E-state index contributed by atoms with van der Waals surface area (Å²) in [5.41, 5.74) is 4.45. The second-order valence-corrected chi connectivity index (χ2v) is 8.81. The molecule has 0 radical (unpaired) electrons. The number of rotatable bonds is 9. The summed E-state index contributed by atoms with van der Waals surface area (Å²) in [6, 6.07) is 19.6. The molecule has 0 bridgehead atoms. The molecule has 0 atom stereocenters. The van der Waals surface area contributed by atoms with E-state index >= 15 is 0 Å². The van der Waals surface area contributed by atoms with Gasteiger partial charge in [0.25, 0.3) is 0 Å². The summed E-state index contributed by atoms with van der Waals surface area (Å²) in [6.07, 6.45) is 1.95. The molecule has 39 heavy (non-hydrogen) atoms. The molecule has 1 N–H and O–H groups in total. The molecule has 6 nitrogen and oxygen atoms in total. The molecule has 1 heterocycles. The first kappa shape index (κ1) is 30.4. The van der Waals surface area contributed by atoms with Crippen molar-refractivity contribution in [2.75, 3.05) is 46.1 Å². The molecule has 0 saturated carbocycles. The van der Waals surface area contributed by atoms with E-state index in [0.29, 0.717) is 11.5 Å². The van der Waals surface area contributed by atoms with Gasteiger partial charge in [0, 0.05) is 18.7 Å². The van der Waals surface area contributed by atoms with Crippen LogP contribution in [0, 0.1) is 24.6 Å². The third-order valence-corrected chi connectivity index (χ3v) is 6.03. The van der Waals surface area contributed by atoms with E-state index in [1.165, 1.54) is 12.1 Å². The van der Waals surface area contributed by atoms with Gasteiger partial charge in [0.2, 0.25) is 0 Å². The fourth-order valence-electron chi connectivity index (χ4n) is 4.01. The summed E-state index contributed by atoms with van der Waals surface area (Å²) < 4.78 is 30.2. The Balaban J connectivity index is 0.00000280. The van der Waals surface area contributed by atoms with Crippen LogP contribution in [0.25, 0.3) is 5.57 Å². The Morgan fingerprint density at radius 2 is 1.72 bits per heavy atom. The zero-order chi connectivity index (χ0) is 26.7. The smallest absolute Gasteiger partial charge is 1.00 e. The summed E-state index contributed by atoms with van der Waals surface area (Å²) in [6.45, 7) is 5.75. The first-order valence-corrected chi connectivity index (χ1v) is 12.4. The van der Waals surface area contributed by atoms with Gasteiger partial charge >= 0.3 is 35.5 Å². The van der Waals surface area contributed by atoms with E-state index in [2.05, 4.69) is 16.7 Å². The van der Waals surface area contributed by atoms with Crippen molar-refractivity contribution in [2.24, 2.45) is 0 Å². The van der Waals surface area contributed by atoms with Crippen LogP contribution in [0.4, 0.5) is 4.39 Å². The Morgan fingerprint density at radius 3 is 2.36 bits per heavy atom. The van der Waals surface area contributed by atoms with E-state index in [-0.39, 0.29) is 43.4 Å². The van der Waals surface area contributed by atoms with Crippen LogP contribution in [0.5, 0.6) is 11.5 Å². The van der Waals surface area contributed by atoms with Crippen molar-refractivity contribution in [2.45, 2.75) is 6.92 Å². The van der Waals surface area contributed by atoms with Crippen molar-refractivity contribution in [3.05, 3.63) is 101 Å². The second-order valence-electron chi connectivity index (χ2n) is 8.81. The normalized spacial score (nSPS) is 13.5. The van der Waals surface area contributed by atoms with E-state index in [9.17, 15) is 9.18 Å². The average Bonchev–Trinajstić information content (AvgIpc) is 2.92. The van der Waals surface area contributed by atoms with Crippen molar-refractivity contribution in [3.8, 4) is 23.3 Å². The number of carboxylic acid groups (broad SMARTS) is 1. The number of hydrogen-bond acceptors (Lipinski definition) is 5.